The number of hydrogen-bond acceptors (Lipinski definition) is 11. The van der Waals surface area contributed by atoms with Gasteiger partial charge in [0.2, 0.25) is 0 Å². The molecular formula is C53H69Cl2N9O3. The minimum Gasteiger partial charge on any atom is -0.457 e. The van der Waals surface area contributed by atoms with E-state index in [9.17, 15) is 0 Å². The number of piperidine rings is 4. The molecule has 3 aromatic carbocycles. The summed E-state index contributed by atoms with van der Waals surface area (Å²) < 4.78 is 15.2. The zero-order valence-electron chi connectivity index (χ0n) is 40.6. The number of Topliss-reactive ketones (excluding diaryl/α,β-unsaturated/α-hetero) is 1. The van der Waals surface area contributed by atoms with Crippen LogP contribution in [0.3, 0.4) is 0 Å². The lowest BCUT2D eigenvalue weighted by molar-refractivity contribution is -0.257. The summed E-state index contributed by atoms with van der Waals surface area (Å²) in [5, 5.41) is 9.89. The van der Waals surface area contributed by atoms with E-state index in [-0.39, 0.29) is 60.3 Å². The van der Waals surface area contributed by atoms with E-state index in [0.717, 1.165) is 77.9 Å². The smallest absolute Gasteiger partial charge is 0.153 e. The Hall–Kier alpha value is -3.40. The second-order valence-electron chi connectivity index (χ2n) is 21.5. The molecule has 8 saturated heterocycles. The number of methoxy groups -OCH3 is 1. The minimum absolute atomic E-state index is 0.00254. The number of carbonyl (C=O) groups excluding carboxylic acids is 1. The maximum Gasteiger partial charge on any atom is 0.153 e. The molecule has 14 heteroatoms. The zero-order chi connectivity index (χ0) is 46.8. The third-order valence-corrected chi connectivity index (χ3v) is 18.8. The Morgan fingerprint density at radius 3 is 2.36 bits per heavy atom. The average molecular weight is 951 g/mol. The highest BCUT2D eigenvalue weighted by Gasteiger charge is 2.82. The molecule has 13 rings (SSSR count). The monoisotopic (exact) mass is 949 g/mol. The molecular weight excluding hydrogens is 882 g/mol. The summed E-state index contributed by atoms with van der Waals surface area (Å²) in [4.78, 5) is 35.0. The van der Waals surface area contributed by atoms with Crippen LogP contribution in [0.5, 0.6) is 11.5 Å². The normalized spacial score (nSPS) is 37.0. The number of nitrogens with one attached hydrogen (secondary N) is 2. The Labute approximate surface area is 407 Å². The molecule has 4 aromatic rings. The van der Waals surface area contributed by atoms with E-state index in [1.807, 2.05) is 49.7 Å². The van der Waals surface area contributed by atoms with Crippen molar-refractivity contribution in [3.05, 3.63) is 99.9 Å². The summed E-state index contributed by atoms with van der Waals surface area (Å²) >= 11 is 13.2. The van der Waals surface area contributed by atoms with Crippen LogP contribution in [0.1, 0.15) is 50.1 Å². The molecule has 67 heavy (non-hydrogen) atoms. The highest BCUT2D eigenvalue weighted by Crippen LogP contribution is 2.68. The number of likely N-dealkylation sites (N-methyl/N-ethyl adjacent to an activating group) is 3. The van der Waals surface area contributed by atoms with Crippen LogP contribution in [-0.4, -0.2) is 162 Å². The molecule has 0 amide bonds. The first-order valence-corrected chi connectivity index (χ1v) is 25.4. The Morgan fingerprint density at radius 1 is 0.896 bits per heavy atom. The fourth-order valence-corrected chi connectivity index (χ4v) is 16.1. The predicted molar refractivity (Wildman–Crippen MR) is 265 cm³/mol. The van der Waals surface area contributed by atoms with Crippen LogP contribution in [0.25, 0.3) is 11.3 Å². The molecule has 6 bridgehead atoms. The van der Waals surface area contributed by atoms with Gasteiger partial charge < -0.3 is 29.6 Å². The fraction of sp³-hybridized carbons (Fsp3) is 0.585. The van der Waals surface area contributed by atoms with Crippen molar-refractivity contribution >= 4 is 29.0 Å². The lowest BCUT2D eigenvalue weighted by Gasteiger charge is -2.77. The number of benzene rings is 3. The van der Waals surface area contributed by atoms with E-state index in [1.54, 1.807) is 0 Å². The van der Waals surface area contributed by atoms with E-state index >= 15 is 4.79 Å². The zero-order valence-corrected chi connectivity index (χ0v) is 42.1. The van der Waals surface area contributed by atoms with Crippen molar-refractivity contribution in [3.8, 4) is 22.8 Å². The molecule has 1 aromatic heterocycles. The van der Waals surface area contributed by atoms with Gasteiger partial charge in [-0.05, 0) is 121 Å². The van der Waals surface area contributed by atoms with Crippen LogP contribution in [-0.2, 0) is 36.1 Å². The molecule has 9 fully saturated rings. The summed E-state index contributed by atoms with van der Waals surface area (Å²) in [6.45, 7) is 7.54. The lowest BCUT2D eigenvalue weighted by atomic mass is 9.41. The Balaban J connectivity index is 1.01. The third kappa shape index (κ3) is 6.75. The number of halogens is 2. The van der Waals surface area contributed by atoms with Gasteiger partial charge in [-0.3, -0.25) is 24.4 Å². The van der Waals surface area contributed by atoms with Crippen molar-refractivity contribution in [2.45, 2.75) is 119 Å². The molecule has 1 aliphatic carbocycles. The first-order chi connectivity index (χ1) is 32.2. The number of nitrogens with zero attached hydrogens (tertiary/aromatic N) is 7. The van der Waals surface area contributed by atoms with Crippen molar-refractivity contribution < 1.29 is 14.3 Å². The maximum absolute atomic E-state index is 17.4. The Morgan fingerprint density at radius 2 is 1.64 bits per heavy atom. The van der Waals surface area contributed by atoms with Crippen molar-refractivity contribution in [1.82, 2.24) is 44.7 Å². The van der Waals surface area contributed by atoms with Gasteiger partial charge in [-0.25, -0.2) is 4.98 Å². The van der Waals surface area contributed by atoms with E-state index in [1.165, 1.54) is 5.56 Å². The van der Waals surface area contributed by atoms with Crippen LogP contribution in [0.4, 0.5) is 0 Å². The molecule has 9 aliphatic rings. The van der Waals surface area contributed by atoms with Crippen LogP contribution >= 0.6 is 23.2 Å². The van der Waals surface area contributed by atoms with E-state index < -0.39 is 10.8 Å². The number of ether oxygens (including phenoxy) is 2. The maximum atomic E-state index is 17.4. The van der Waals surface area contributed by atoms with Crippen LogP contribution in [0.2, 0.25) is 10.0 Å². The van der Waals surface area contributed by atoms with Gasteiger partial charge >= 0.3 is 0 Å². The van der Waals surface area contributed by atoms with E-state index in [0.29, 0.717) is 36.0 Å². The van der Waals surface area contributed by atoms with Crippen LogP contribution < -0.4 is 15.4 Å². The standard InChI is InChI=1S/C53H69Cl2N9O3/c1-10-38-47-40-24-45-52(38)50(63(40)8)42(62(47)7)26-56-44-23-36(21-31-11-16-34(54)17-12-31)60(5)49-39(29-66-9)58-48(53(44,49)51(52)65)30(2)64(45)27-33-13-18-35(55)22-43(33)67-37-19-14-32(15-20-37)41-25-57-46(61(41)6)28-59(3)4/h11-20,22,25,30,36,38-40,42,44-45,47-50,56,58H,10,21,23-24,26-29H2,1-9H3/t30-,36-,38?,39+,40-,42+,44?,45?,47?,48?,49?,50?,52?,53?/m0/s1. The number of piperazine rings is 1. The highest BCUT2D eigenvalue weighted by molar-refractivity contribution is 6.31. The van der Waals surface area contributed by atoms with Gasteiger partial charge in [0.15, 0.2) is 5.78 Å². The molecule has 9 unspecified atom stereocenters. The topological polar surface area (TPSA) is 93.6 Å². The first-order valence-electron chi connectivity index (χ1n) is 24.6. The van der Waals surface area contributed by atoms with Crippen LogP contribution in [0, 0.1) is 16.7 Å². The number of ketones is 1. The Kier molecular flexibility index (Phi) is 11.8. The summed E-state index contributed by atoms with van der Waals surface area (Å²) in [6.07, 6.45) is 5.60. The van der Waals surface area contributed by atoms with Gasteiger partial charge in [0, 0.05) is 115 Å². The summed E-state index contributed by atoms with van der Waals surface area (Å²) in [5.74, 6) is 3.20. The van der Waals surface area contributed by atoms with Crippen molar-refractivity contribution in [2.24, 2.45) is 23.8 Å². The van der Waals surface area contributed by atoms with Gasteiger partial charge in [0.05, 0.1) is 35.9 Å². The predicted octanol–water partition coefficient (Wildman–Crippen LogP) is 6.43. The van der Waals surface area contributed by atoms with E-state index in [2.05, 4.69) is 126 Å². The minimum atomic E-state index is -0.717. The molecule has 14 atom stereocenters. The SMILES string of the molecule is CCC1C2[C@@H]3CC4N(Cc5ccc(Cl)cc5Oc5ccc(-c6cnc(CN(C)C)n6C)cc5)[C@@H](C)C5N[C@H](COC)C6N(C)[C@@H](Cc7ccc(Cl)cc7)CC7NC[C@H](C(N3C)C14C(=O)C756)N2C. The third-order valence-electron chi connectivity index (χ3n) is 18.4. The largest absolute Gasteiger partial charge is 0.457 e. The van der Waals surface area contributed by atoms with Gasteiger partial charge in [-0.15, -0.1) is 0 Å². The number of aromatic nitrogens is 2. The number of hydrogen-bond donors (Lipinski definition) is 2. The quantitative estimate of drug-likeness (QED) is 0.165. The summed E-state index contributed by atoms with van der Waals surface area (Å²) in [6, 6.07) is 23.6. The molecule has 12 nitrogen and oxygen atoms in total. The number of rotatable bonds is 12. The van der Waals surface area contributed by atoms with Crippen molar-refractivity contribution in [3.63, 3.8) is 0 Å². The van der Waals surface area contributed by atoms with Gasteiger partial charge in [-0.1, -0.05) is 54.7 Å². The number of likely N-dealkylation sites (tertiary alicyclic amines) is 2. The second kappa shape index (κ2) is 17.2. The molecule has 1 saturated carbocycles. The first kappa shape index (κ1) is 46.0. The molecule has 9 heterocycles. The van der Waals surface area contributed by atoms with Crippen molar-refractivity contribution in [1.29, 1.82) is 0 Å². The molecule has 0 radical (unpaired) electrons. The molecule has 2 N–H and O–H groups in total. The molecule has 2 spiro atoms. The lowest BCUT2D eigenvalue weighted by Crippen LogP contribution is -2.91. The number of imidazole rings is 1. The fourth-order valence-electron chi connectivity index (χ4n) is 15.8. The highest BCUT2D eigenvalue weighted by atomic mass is 35.5. The van der Waals surface area contributed by atoms with E-state index in [4.69, 9.17) is 37.7 Å². The Bertz CT molecular complexity index is 2500. The van der Waals surface area contributed by atoms with Crippen LogP contribution in [0.15, 0.2) is 72.9 Å². The summed E-state index contributed by atoms with van der Waals surface area (Å²) in [7, 11) is 15.0. The van der Waals surface area contributed by atoms with Crippen molar-refractivity contribution in [2.75, 3.05) is 55.5 Å². The average Bonchev–Trinajstić information content (AvgIpc) is 3.83. The van der Waals surface area contributed by atoms with Gasteiger partial charge in [0.1, 0.15) is 17.3 Å². The molecule has 8 aliphatic heterocycles. The van der Waals surface area contributed by atoms with Gasteiger partial charge in [-0.2, -0.15) is 0 Å². The summed E-state index contributed by atoms with van der Waals surface area (Å²) in [5.41, 5.74) is 3.14. The number of carbonyl (C=O) groups is 1. The second-order valence-corrected chi connectivity index (χ2v) is 22.4. The molecule has 358 valence electrons. The van der Waals surface area contributed by atoms with Gasteiger partial charge in [0.25, 0.3) is 0 Å².